The fourth-order valence-electron chi connectivity index (χ4n) is 2.35. The van der Waals surface area contributed by atoms with Crippen LogP contribution in [-0.4, -0.2) is 20.4 Å². The zero-order valence-corrected chi connectivity index (χ0v) is 9.77. The summed E-state index contributed by atoms with van der Waals surface area (Å²) in [4.78, 5) is 1.82. The Hall–Kier alpha value is -1.09. The summed E-state index contributed by atoms with van der Waals surface area (Å²) in [6.07, 6.45) is 4.62. The van der Waals surface area contributed by atoms with Gasteiger partial charge in [-0.25, -0.2) is 0 Å². The van der Waals surface area contributed by atoms with Gasteiger partial charge in [0.25, 0.3) is 0 Å². The van der Waals surface area contributed by atoms with Gasteiger partial charge in [-0.05, 0) is 25.0 Å². The molecule has 0 radical (unpaired) electrons. The zero-order chi connectivity index (χ0) is 11.0. The molecule has 0 aliphatic heterocycles. The zero-order valence-electron chi connectivity index (χ0n) is 9.01. The van der Waals surface area contributed by atoms with Crippen molar-refractivity contribution in [3.63, 3.8) is 0 Å². The molecule has 4 heteroatoms. The molecule has 3 nitrogen and oxygen atoms in total. The predicted molar refractivity (Wildman–Crippen MR) is 64.7 cm³/mol. The maximum Gasteiger partial charge on any atom is 0.113 e. The van der Waals surface area contributed by atoms with Gasteiger partial charge in [-0.15, -0.1) is 11.6 Å². The highest BCUT2D eigenvalue weighted by Gasteiger charge is 2.26. The molecule has 1 saturated carbocycles. The molecule has 0 N–H and O–H groups in total. The van der Waals surface area contributed by atoms with E-state index >= 15 is 0 Å². The van der Waals surface area contributed by atoms with Crippen LogP contribution in [0, 0.1) is 0 Å². The molecular formula is C12H14ClN3. The van der Waals surface area contributed by atoms with Gasteiger partial charge in [0.15, 0.2) is 0 Å². The topological polar surface area (TPSA) is 30.7 Å². The Balaban J connectivity index is 1.98. The Kier molecular flexibility index (Phi) is 2.56. The maximum atomic E-state index is 6.34. The predicted octanol–water partition coefficient (Wildman–Crippen LogP) is 3.15. The number of fused-ring (bicyclic) bond motifs is 1. The fraction of sp³-hybridized carbons (Fsp3) is 0.500. The molecule has 0 saturated heterocycles. The largest absolute Gasteiger partial charge is 0.179 e. The van der Waals surface area contributed by atoms with Crippen molar-refractivity contribution < 1.29 is 0 Å². The first-order valence-electron chi connectivity index (χ1n) is 5.80. The van der Waals surface area contributed by atoms with Gasteiger partial charge in [-0.1, -0.05) is 25.0 Å². The number of alkyl halides is 1. The smallest absolute Gasteiger partial charge is 0.113 e. The average molecular weight is 236 g/mol. The van der Waals surface area contributed by atoms with Gasteiger partial charge < -0.3 is 0 Å². The van der Waals surface area contributed by atoms with Crippen molar-refractivity contribution in [3.05, 3.63) is 24.3 Å². The summed E-state index contributed by atoms with van der Waals surface area (Å²) in [5, 5.41) is 9.19. The van der Waals surface area contributed by atoms with E-state index < -0.39 is 0 Å². The van der Waals surface area contributed by atoms with Gasteiger partial charge in [0, 0.05) is 0 Å². The molecule has 0 spiro atoms. The van der Waals surface area contributed by atoms with Crippen LogP contribution in [0.3, 0.4) is 0 Å². The van der Waals surface area contributed by atoms with Gasteiger partial charge in [0.1, 0.15) is 11.0 Å². The average Bonchev–Trinajstić information content (AvgIpc) is 2.73. The van der Waals surface area contributed by atoms with Gasteiger partial charge in [0.05, 0.1) is 11.4 Å². The molecule has 84 valence electrons. The summed E-state index contributed by atoms with van der Waals surface area (Å²) in [6.45, 7) is 0. The highest BCUT2D eigenvalue weighted by Crippen LogP contribution is 2.31. The minimum absolute atomic E-state index is 0.176. The van der Waals surface area contributed by atoms with Crippen molar-refractivity contribution in [2.45, 2.75) is 37.1 Å². The van der Waals surface area contributed by atoms with E-state index in [0.29, 0.717) is 0 Å². The summed E-state index contributed by atoms with van der Waals surface area (Å²) >= 11 is 6.34. The second-order valence-electron chi connectivity index (χ2n) is 4.38. The molecule has 1 fully saturated rings. The Bertz CT molecular complexity index is 461. The Labute approximate surface area is 99.4 Å². The van der Waals surface area contributed by atoms with Crippen molar-refractivity contribution in [1.82, 2.24) is 15.0 Å². The van der Waals surface area contributed by atoms with Crippen molar-refractivity contribution >= 4 is 22.6 Å². The summed E-state index contributed by atoms with van der Waals surface area (Å²) in [5.74, 6) is 0. The van der Waals surface area contributed by atoms with Crippen LogP contribution >= 0.6 is 11.6 Å². The van der Waals surface area contributed by atoms with Crippen molar-refractivity contribution in [1.29, 1.82) is 0 Å². The van der Waals surface area contributed by atoms with E-state index in [1.807, 2.05) is 29.1 Å². The van der Waals surface area contributed by atoms with E-state index in [2.05, 4.69) is 10.2 Å². The number of aromatic nitrogens is 3. The molecule has 16 heavy (non-hydrogen) atoms. The molecule has 0 amide bonds. The third-order valence-electron chi connectivity index (χ3n) is 3.25. The van der Waals surface area contributed by atoms with Gasteiger partial charge >= 0.3 is 0 Å². The Morgan fingerprint density at radius 3 is 2.31 bits per heavy atom. The normalized spacial score (nSPS) is 26.1. The van der Waals surface area contributed by atoms with Crippen LogP contribution in [0.1, 0.15) is 31.7 Å². The highest BCUT2D eigenvalue weighted by atomic mass is 35.5. The lowest BCUT2D eigenvalue weighted by molar-refractivity contribution is 0.310. The number of hydrogen-bond donors (Lipinski definition) is 0. The molecule has 2 atom stereocenters. The monoisotopic (exact) mass is 235 g/mol. The van der Waals surface area contributed by atoms with Crippen LogP contribution in [0.5, 0.6) is 0 Å². The van der Waals surface area contributed by atoms with Crippen molar-refractivity contribution in [2.24, 2.45) is 0 Å². The molecule has 2 unspecified atom stereocenters. The van der Waals surface area contributed by atoms with Gasteiger partial charge in [-0.3, -0.25) is 0 Å². The first kappa shape index (κ1) is 10.1. The van der Waals surface area contributed by atoms with Gasteiger partial charge in [-0.2, -0.15) is 15.0 Å². The third-order valence-corrected chi connectivity index (χ3v) is 3.76. The minimum Gasteiger partial charge on any atom is -0.179 e. The number of nitrogens with zero attached hydrogens (tertiary/aromatic N) is 3. The van der Waals surface area contributed by atoms with Crippen LogP contribution in [0.4, 0.5) is 0 Å². The quantitative estimate of drug-likeness (QED) is 0.711. The van der Waals surface area contributed by atoms with Crippen molar-refractivity contribution in [3.8, 4) is 0 Å². The first-order chi connectivity index (χ1) is 7.84. The molecular weight excluding hydrogens is 222 g/mol. The lowest BCUT2D eigenvalue weighted by Gasteiger charge is -2.25. The summed E-state index contributed by atoms with van der Waals surface area (Å²) in [7, 11) is 0. The number of halogens is 1. The Morgan fingerprint density at radius 2 is 1.69 bits per heavy atom. The minimum atomic E-state index is 0.176. The highest BCUT2D eigenvalue weighted by molar-refractivity contribution is 6.21. The Morgan fingerprint density at radius 1 is 1.06 bits per heavy atom. The number of rotatable bonds is 1. The maximum absolute atomic E-state index is 6.34. The molecule has 1 aliphatic carbocycles. The SMILES string of the molecule is ClC1CCCCC1n1nc2ccccc2n1. The summed E-state index contributed by atoms with van der Waals surface area (Å²) in [5.41, 5.74) is 1.91. The lowest BCUT2D eigenvalue weighted by Crippen LogP contribution is -2.25. The van der Waals surface area contributed by atoms with E-state index in [4.69, 9.17) is 11.6 Å². The molecule has 1 heterocycles. The number of hydrogen-bond acceptors (Lipinski definition) is 2. The molecule has 1 aliphatic rings. The van der Waals surface area contributed by atoms with Crippen LogP contribution in [-0.2, 0) is 0 Å². The molecule has 2 aromatic rings. The summed E-state index contributed by atoms with van der Waals surface area (Å²) in [6, 6.07) is 8.22. The third kappa shape index (κ3) is 1.69. The van der Waals surface area contributed by atoms with E-state index in [0.717, 1.165) is 23.9 Å². The molecule has 1 aromatic carbocycles. The van der Waals surface area contributed by atoms with E-state index in [9.17, 15) is 0 Å². The van der Waals surface area contributed by atoms with Crippen LogP contribution in [0.2, 0.25) is 0 Å². The lowest BCUT2D eigenvalue weighted by atomic mass is 9.95. The van der Waals surface area contributed by atoms with E-state index in [1.54, 1.807) is 0 Å². The van der Waals surface area contributed by atoms with Gasteiger partial charge in [0.2, 0.25) is 0 Å². The first-order valence-corrected chi connectivity index (χ1v) is 6.24. The number of benzene rings is 1. The summed E-state index contributed by atoms with van der Waals surface area (Å²) < 4.78 is 0. The van der Waals surface area contributed by atoms with E-state index in [-0.39, 0.29) is 11.4 Å². The van der Waals surface area contributed by atoms with Crippen molar-refractivity contribution in [2.75, 3.05) is 0 Å². The second kappa shape index (κ2) is 4.06. The van der Waals surface area contributed by atoms with Crippen LogP contribution < -0.4 is 0 Å². The fourth-order valence-corrected chi connectivity index (χ4v) is 2.73. The van der Waals surface area contributed by atoms with E-state index in [1.165, 1.54) is 12.8 Å². The molecule has 0 bridgehead atoms. The molecule has 3 rings (SSSR count). The second-order valence-corrected chi connectivity index (χ2v) is 4.94. The molecule has 1 aromatic heterocycles. The standard InChI is InChI=1S/C12H14ClN3/c13-9-5-1-4-8-12(9)16-14-10-6-2-3-7-11(10)15-16/h2-3,6-7,9,12H,1,4-5,8H2. The van der Waals surface area contributed by atoms with Crippen LogP contribution in [0.25, 0.3) is 11.0 Å². The van der Waals surface area contributed by atoms with Crippen LogP contribution in [0.15, 0.2) is 24.3 Å².